The first-order valence-corrected chi connectivity index (χ1v) is 7.29. The van der Waals surface area contributed by atoms with Gasteiger partial charge in [0.15, 0.2) is 0 Å². The number of methoxy groups -OCH3 is 1. The fourth-order valence-electron chi connectivity index (χ4n) is 3.24. The molecule has 0 amide bonds. The Labute approximate surface area is 119 Å². The van der Waals surface area contributed by atoms with Crippen LogP contribution in [0.5, 0.6) is 0 Å². The van der Waals surface area contributed by atoms with Crippen LogP contribution in [-0.4, -0.2) is 13.2 Å². The first kappa shape index (κ1) is 15.4. The molecule has 2 N–H and O–H groups in total. The number of benzene rings is 1. The molecule has 1 fully saturated rings. The summed E-state index contributed by atoms with van der Waals surface area (Å²) in [7, 11) is 1.57. The van der Waals surface area contributed by atoms with Gasteiger partial charge >= 0.3 is 0 Å². The van der Waals surface area contributed by atoms with Crippen molar-refractivity contribution < 1.29 is 13.5 Å². The van der Waals surface area contributed by atoms with Gasteiger partial charge in [-0.1, -0.05) is 25.3 Å². The van der Waals surface area contributed by atoms with Crippen LogP contribution < -0.4 is 5.73 Å². The van der Waals surface area contributed by atoms with Gasteiger partial charge in [-0.3, -0.25) is 0 Å². The fourth-order valence-corrected chi connectivity index (χ4v) is 3.24. The van der Waals surface area contributed by atoms with Crippen molar-refractivity contribution in [1.82, 2.24) is 0 Å². The summed E-state index contributed by atoms with van der Waals surface area (Å²) >= 11 is 0. The van der Waals surface area contributed by atoms with Gasteiger partial charge in [-0.05, 0) is 37.3 Å². The van der Waals surface area contributed by atoms with Crippen LogP contribution in [0.25, 0.3) is 0 Å². The number of nitrogens with two attached hydrogens (primary N) is 1. The van der Waals surface area contributed by atoms with Crippen molar-refractivity contribution in [2.75, 3.05) is 7.11 Å². The van der Waals surface area contributed by atoms with Crippen LogP contribution in [0.1, 0.15) is 49.3 Å². The van der Waals surface area contributed by atoms with Gasteiger partial charge in [0.25, 0.3) is 0 Å². The van der Waals surface area contributed by atoms with Gasteiger partial charge < -0.3 is 10.5 Å². The SMILES string of the molecule is COC(C1CCCCC1)C(N)c1c(F)ccc(C)c1F. The Morgan fingerprint density at radius 1 is 1.20 bits per heavy atom. The van der Waals surface area contributed by atoms with E-state index in [4.69, 9.17) is 10.5 Å². The maximum atomic E-state index is 14.2. The van der Waals surface area contributed by atoms with Crippen LogP contribution in [0.2, 0.25) is 0 Å². The predicted octanol–water partition coefficient (Wildman–Crippen LogP) is 3.87. The molecule has 4 heteroatoms. The lowest BCUT2D eigenvalue weighted by Gasteiger charge is -2.33. The van der Waals surface area contributed by atoms with Gasteiger partial charge in [0.2, 0.25) is 0 Å². The molecule has 2 atom stereocenters. The number of hydrogen-bond donors (Lipinski definition) is 1. The number of ether oxygens (including phenoxy) is 1. The Hall–Kier alpha value is -1.00. The van der Waals surface area contributed by atoms with Crippen LogP contribution in [0.3, 0.4) is 0 Å². The number of rotatable bonds is 4. The molecule has 0 radical (unpaired) electrons. The lowest BCUT2D eigenvalue weighted by atomic mass is 9.81. The summed E-state index contributed by atoms with van der Waals surface area (Å²) in [6, 6.07) is 1.95. The largest absolute Gasteiger partial charge is 0.379 e. The molecule has 1 aliphatic carbocycles. The molecule has 112 valence electrons. The third-order valence-corrected chi connectivity index (χ3v) is 4.39. The maximum absolute atomic E-state index is 14.2. The van der Waals surface area contributed by atoms with Crippen molar-refractivity contribution in [3.8, 4) is 0 Å². The zero-order chi connectivity index (χ0) is 14.7. The smallest absolute Gasteiger partial charge is 0.133 e. The summed E-state index contributed by atoms with van der Waals surface area (Å²) in [6.45, 7) is 1.62. The van der Waals surface area contributed by atoms with Crippen molar-refractivity contribution >= 4 is 0 Å². The van der Waals surface area contributed by atoms with Crippen LogP contribution in [0, 0.1) is 24.5 Å². The second kappa shape index (κ2) is 6.64. The minimum atomic E-state index is -0.761. The quantitative estimate of drug-likeness (QED) is 0.910. The summed E-state index contributed by atoms with van der Waals surface area (Å²) in [6.07, 6.45) is 5.19. The average Bonchev–Trinajstić information content (AvgIpc) is 2.45. The highest BCUT2D eigenvalue weighted by Gasteiger charge is 2.32. The maximum Gasteiger partial charge on any atom is 0.133 e. The van der Waals surface area contributed by atoms with E-state index in [2.05, 4.69) is 0 Å². The van der Waals surface area contributed by atoms with E-state index in [0.717, 1.165) is 25.7 Å². The average molecular weight is 283 g/mol. The lowest BCUT2D eigenvalue weighted by molar-refractivity contribution is 0.0157. The number of halogens is 2. The van der Waals surface area contributed by atoms with Gasteiger partial charge in [-0.15, -0.1) is 0 Å². The van der Waals surface area contributed by atoms with E-state index in [-0.39, 0.29) is 17.6 Å². The molecule has 2 nitrogen and oxygen atoms in total. The van der Waals surface area contributed by atoms with Crippen molar-refractivity contribution in [3.63, 3.8) is 0 Å². The molecule has 1 aromatic rings. The Balaban J connectivity index is 2.28. The molecule has 2 rings (SSSR count). The molecule has 1 aliphatic rings. The zero-order valence-electron chi connectivity index (χ0n) is 12.2. The first-order valence-electron chi connectivity index (χ1n) is 7.29. The molecule has 0 aliphatic heterocycles. The lowest BCUT2D eigenvalue weighted by Crippen LogP contribution is -2.37. The normalized spacial score (nSPS) is 19.9. The summed E-state index contributed by atoms with van der Waals surface area (Å²) in [4.78, 5) is 0. The fraction of sp³-hybridized carbons (Fsp3) is 0.625. The first-order chi connectivity index (χ1) is 9.56. The van der Waals surface area contributed by atoms with Crippen molar-refractivity contribution in [2.24, 2.45) is 11.7 Å². The second-order valence-corrected chi connectivity index (χ2v) is 5.72. The molecule has 0 spiro atoms. The molecule has 1 aromatic carbocycles. The Morgan fingerprint density at radius 2 is 1.85 bits per heavy atom. The van der Waals surface area contributed by atoms with E-state index in [1.807, 2.05) is 0 Å². The highest BCUT2D eigenvalue weighted by Crippen LogP contribution is 2.35. The van der Waals surface area contributed by atoms with E-state index in [0.29, 0.717) is 5.56 Å². The van der Waals surface area contributed by atoms with Gasteiger partial charge in [-0.2, -0.15) is 0 Å². The molecule has 2 unspecified atom stereocenters. The van der Waals surface area contributed by atoms with Crippen LogP contribution >= 0.6 is 0 Å². The molecule has 0 saturated heterocycles. The highest BCUT2D eigenvalue weighted by molar-refractivity contribution is 5.30. The second-order valence-electron chi connectivity index (χ2n) is 5.72. The molecule has 0 heterocycles. The number of aryl methyl sites for hydroxylation is 1. The molecular weight excluding hydrogens is 260 g/mol. The van der Waals surface area contributed by atoms with Gasteiger partial charge in [0.1, 0.15) is 11.6 Å². The van der Waals surface area contributed by atoms with Crippen molar-refractivity contribution in [3.05, 3.63) is 34.9 Å². The Bertz CT molecular complexity index is 458. The monoisotopic (exact) mass is 283 g/mol. The summed E-state index contributed by atoms with van der Waals surface area (Å²) in [5.74, 6) is -0.850. The topological polar surface area (TPSA) is 35.2 Å². The molecule has 0 bridgehead atoms. The van der Waals surface area contributed by atoms with E-state index < -0.39 is 17.7 Å². The van der Waals surface area contributed by atoms with E-state index in [9.17, 15) is 8.78 Å². The summed E-state index contributed by atoms with van der Waals surface area (Å²) in [5.41, 5.74) is 6.52. The highest BCUT2D eigenvalue weighted by atomic mass is 19.1. The number of hydrogen-bond acceptors (Lipinski definition) is 2. The summed E-state index contributed by atoms with van der Waals surface area (Å²) < 4.78 is 33.7. The van der Waals surface area contributed by atoms with Crippen molar-refractivity contribution in [1.29, 1.82) is 0 Å². The zero-order valence-corrected chi connectivity index (χ0v) is 12.2. The minimum Gasteiger partial charge on any atom is -0.379 e. The molecule has 1 saturated carbocycles. The van der Waals surface area contributed by atoms with E-state index >= 15 is 0 Å². The van der Waals surface area contributed by atoms with E-state index in [1.54, 1.807) is 14.0 Å². The molecule has 20 heavy (non-hydrogen) atoms. The van der Waals surface area contributed by atoms with Crippen molar-refractivity contribution in [2.45, 2.75) is 51.2 Å². The molecular formula is C16H23F2NO. The van der Waals surface area contributed by atoms with E-state index in [1.165, 1.54) is 18.6 Å². The Kier molecular flexibility index (Phi) is 5.11. The molecule has 0 aromatic heterocycles. The summed E-state index contributed by atoms with van der Waals surface area (Å²) in [5, 5.41) is 0. The standard InChI is InChI=1S/C16H23F2NO/c1-10-8-9-12(17)13(14(10)18)15(19)16(20-2)11-6-4-3-5-7-11/h8-9,11,15-16H,3-7,19H2,1-2H3. The van der Waals surface area contributed by atoms with Gasteiger partial charge in [0.05, 0.1) is 12.1 Å². The van der Waals surface area contributed by atoms with Gasteiger partial charge in [0, 0.05) is 12.7 Å². The van der Waals surface area contributed by atoms with Crippen LogP contribution in [-0.2, 0) is 4.74 Å². The third-order valence-electron chi connectivity index (χ3n) is 4.39. The Morgan fingerprint density at radius 3 is 2.45 bits per heavy atom. The third kappa shape index (κ3) is 3.01. The minimum absolute atomic E-state index is 0.0394. The van der Waals surface area contributed by atoms with Crippen LogP contribution in [0.4, 0.5) is 8.78 Å². The van der Waals surface area contributed by atoms with Gasteiger partial charge in [-0.25, -0.2) is 8.78 Å². The predicted molar refractivity (Wildman–Crippen MR) is 75.4 cm³/mol. The van der Waals surface area contributed by atoms with Crippen LogP contribution in [0.15, 0.2) is 12.1 Å².